The molecule has 2 atom stereocenters. The SMILES string of the molecule is CC(C)(C)OC(=O)N1CCCC1CCNC1CCOC1. The molecular weight excluding hydrogens is 256 g/mol. The number of carbonyl (C=O) groups is 1. The van der Waals surface area contributed by atoms with Crippen molar-refractivity contribution in [2.24, 2.45) is 0 Å². The first kappa shape index (κ1) is 15.6. The van der Waals surface area contributed by atoms with E-state index in [1.165, 1.54) is 0 Å². The Morgan fingerprint density at radius 2 is 2.20 bits per heavy atom. The Morgan fingerprint density at radius 1 is 1.40 bits per heavy atom. The van der Waals surface area contributed by atoms with Crippen LogP contribution in [0, 0.1) is 0 Å². The molecule has 2 aliphatic rings. The van der Waals surface area contributed by atoms with E-state index in [9.17, 15) is 4.79 Å². The molecule has 0 aliphatic carbocycles. The average molecular weight is 284 g/mol. The number of hydrogen-bond acceptors (Lipinski definition) is 4. The summed E-state index contributed by atoms with van der Waals surface area (Å²) in [6.07, 6.45) is 4.10. The van der Waals surface area contributed by atoms with Gasteiger partial charge in [-0.2, -0.15) is 0 Å². The van der Waals surface area contributed by atoms with Gasteiger partial charge in [0.15, 0.2) is 0 Å². The highest BCUT2D eigenvalue weighted by Crippen LogP contribution is 2.22. The summed E-state index contributed by atoms with van der Waals surface area (Å²) >= 11 is 0. The second-order valence-corrected chi connectivity index (χ2v) is 6.77. The predicted octanol–water partition coefficient (Wildman–Crippen LogP) is 2.15. The fraction of sp³-hybridized carbons (Fsp3) is 0.933. The van der Waals surface area contributed by atoms with Gasteiger partial charge in [-0.1, -0.05) is 0 Å². The normalized spacial score (nSPS) is 27.1. The van der Waals surface area contributed by atoms with Crippen LogP contribution in [-0.4, -0.2) is 55.0 Å². The van der Waals surface area contributed by atoms with Crippen LogP contribution in [0.15, 0.2) is 0 Å². The Hall–Kier alpha value is -0.810. The third-order valence-corrected chi connectivity index (χ3v) is 3.85. The molecule has 2 aliphatic heterocycles. The second-order valence-electron chi connectivity index (χ2n) is 6.77. The summed E-state index contributed by atoms with van der Waals surface area (Å²) in [4.78, 5) is 14.1. The number of likely N-dealkylation sites (tertiary alicyclic amines) is 1. The smallest absolute Gasteiger partial charge is 0.410 e. The zero-order valence-electron chi connectivity index (χ0n) is 13.0. The first-order valence-corrected chi connectivity index (χ1v) is 7.76. The third-order valence-electron chi connectivity index (χ3n) is 3.85. The fourth-order valence-corrected chi connectivity index (χ4v) is 2.85. The van der Waals surface area contributed by atoms with E-state index in [-0.39, 0.29) is 6.09 Å². The molecule has 1 amide bonds. The van der Waals surface area contributed by atoms with E-state index in [2.05, 4.69) is 5.32 Å². The van der Waals surface area contributed by atoms with Crippen LogP contribution in [0.3, 0.4) is 0 Å². The van der Waals surface area contributed by atoms with Crippen LogP contribution in [-0.2, 0) is 9.47 Å². The van der Waals surface area contributed by atoms with Crippen molar-refractivity contribution in [1.82, 2.24) is 10.2 Å². The molecule has 0 spiro atoms. The van der Waals surface area contributed by atoms with Gasteiger partial charge in [0.1, 0.15) is 5.60 Å². The summed E-state index contributed by atoms with van der Waals surface area (Å²) in [5, 5.41) is 3.51. The summed E-state index contributed by atoms with van der Waals surface area (Å²) in [7, 11) is 0. The highest BCUT2D eigenvalue weighted by molar-refractivity contribution is 5.68. The van der Waals surface area contributed by atoms with Crippen molar-refractivity contribution in [2.75, 3.05) is 26.3 Å². The van der Waals surface area contributed by atoms with Crippen LogP contribution < -0.4 is 5.32 Å². The Labute approximate surface area is 122 Å². The maximum Gasteiger partial charge on any atom is 0.410 e. The lowest BCUT2D eigenvalue weighted by atomic mass is 10.1. The third kappa shape index (κ3) is 4.63. The number of amides is 1. The van der Waals surface area contributed by atoms with E-state index in [0.29, 0.717) is 12.1 Å². The molecule has 5 heteroatoms. The summed E-state index contributed by atoms with van der Waals surface area (Å²) in [5.74, 6) is 0. The lowest BCUT2D eigenvalue weighted by Gasteiger charge is -2.28. The number of hydrogen-bond donors (Lipinski definition) is 1. The average Bonchev–Trinajstić information content (AvgIpc) is 2.97. The minimum atomic E-state index is -0.413. The Kier molecular flexibility index (Phi) is 5.27. The monoisotopic (exact) mass is 284 g/mol. The van der Waals surface area contributed by atoms with E-state index >= 15 is 0 Å². The quantitative estimate of drug-likeness (QED) is 0.859. The first-order valence-electron chi connectivity index (χ1n) is 7.76. The van der Waals surface area contributed by atoms with Crippen LogP contribution >= 0.6 is 0 Å². The van der Waals surface area contributed by atoms with Crippen LogP contribution in [0.5, 0.6) is 0 Å². The number of rotatable bonds is 4. The summed E-state index contributed by atoms with van der Waals surface area (Å²) in [5.41, 5.74) is -0.413. The van der Waals surface area contributed by atoms with Gasteiger partial charge < -0.3 is 19.7 Å². The second kappa shape index (κ2) is 6.76. The highest BCUT2D eigenvalue weighted by atomic mass is 16.6. The standard InChI is InChI=1S/C15H28N2O3/c1-15(2,3)20-14(18)17-9-4-5-13(17)6-8-16-12-7-10-19-11-12/h12-13,16H,4-11H2,1-3H3. The maximum absolute atomic E-state index is 12.2. The van der Waals surface area contributed by atoms with Gasteiger partial charge in [-0.05, 0) is 53.0 Å². The van der Waals surface area contributed by atoms with Gasteiger partial charge in [0.25, 0.3) is 0 Å². The molecule has 2 unspecified atom stereocenters. The fourth-order valence-electron chi connectivity index (χ4n) is 2.85. The minimum Gasteiger partial charge on any atom is -0.444 e. The molecule has 116 valence electrons. The van der Waals surface area contributed by atoms with Crippen molar-refractivity contribution in [2.45, 2.75) is 64.1 Å². The van der Waals surface area contributed by atoms with Gasteiger partial charge in [-0.15, -0.1) is 0 Å². The molecule has 2 rings (SSSR count). The number of ether oxygens (including phenoxy) is 2. The Morgan fingerprint density at radius 3 is 2.85 bits per heavy atom. The van der Waals surface area contributed by atoms with Gasteiger partial charge in [-0.3, -0.25) is 0 Å². The van der Waals surface area contributed by atoms with Crippen molar-refractivity contribution >= 4 is 6.09 Å². The van der Waals surface area contributed by atoms with Crippen molar-refractivity contribution in [3.05, 3.63) is 0 Å². The molecule has 2 saturated heterocycles. The lowest BCUT2D eigenvalue weighted by Crippen LogP contribution is -2.41. The van der Waals surface area contributed by atoms with E-state index in [0.717, 1.165) is 52.0 Å². The van der Waals surface area contributed by atoms with E-state index < -0.39 is 5.60 Å². The molecule has 0 bridgehead atoms. The van der Waals surface area contributed by atoms with Crippen LogP contribution in [0.25, 0.3) is 0 Å². The topological polar surface area (TPSA) is 50.8 Å². The molecule has 0 saturated carbocycles. The predicted molar refractivity (Wildman–Crippen MR) is 77.8 cm³/mol. The largest absolute Gasteiger partial charge is 0.444 e. The Balaban J connectivity index is 1.73. The van der Waals surface area contributed by atoms with Gasteiger partial charge in [0.2, 0.25) is 0 Å². The van der Waals surface area contributed by atoms with Crippen LogP contribution in [0.4, 0.5) is 4.79 Å². The van der Waals surface area contributed by atoms with Crippen molar-refractivity contribution < 1.29 is 14.3 Å². The van der Waals surface area contributed by atoms with Crippen LogP contribution in [0.1, 0.15) is 46.5 Å². The van der Waals surface area contributed by atoms with E-state index in [1.807, 2.05) is 25.7 Å². The number of nitrogens with one attached hydrogen (secondary N) is 1. The molecule has 0 aromatic heterocycles. The van der Waals surface area contributed by atoms with Crippen molar-refractivity contribution in [3.8, 4) is 0 Å². The maximum atomic E-state index is 12.2. The van der Waals surface area contributed by atoms with Gasteiger partial charge in [0, 0.05) is 25.2 Å². The molecule has 2 fully saturated rings. The molecule has 0 radical (unpaired) electrons. The minimum absolute atomic E-state index is 0.163. The first-order chi connectivity index (χ1) is 9.46. The lowest BCUT2D eigenvalue weighted by molar-refractivity contribution is 0.0220. The molecule has 0 aromatic rings. The van der Waals surface area contributed by atoms with Gasteiger partial charge in [-0.25, -0.2) is 4.79 Å². The molecule has 0 aromatic carbocycles. The summed E-state index contributed by atoms with van der Waals surface area (Å²) in [6.45, 7) is 9.20. The zero-order valence-corrected chi connectivity index (χ0v) is 13.0. The molecule has 20 heavy (non-hydrogen) atoms. The number of nitrogens with zero attached hydrogens (tertiary/aromatic N) is 1. The molecule has 5 nitrogen and oxygen atoms in total. The molecule has 1 N–H and O–H groups in total. The number of carbonyl (C=O) groups excluding carboxylic acids is 1. The van der Waals surface area contributed by atoms with Crippen molar-refractivity contribution in [3.63, 3.8) is 0 Å². The Bertz CT molecular complexity index is 322. The summed E-state index contributed by atoms with van der Waals surface area (Å²) < 4.78 is 10.8. The molecule has 2 heterocycles. The highest BCUT2D eigenvalue weighted by Gasteiger charge is 2.31. The van der Waals surface area contributed by atoms with E-state index in [4.69, 9.17) is 9.47 Å². The summed E-state index contributed by atoms with van der Waals surface area (Å²) in [6, 6.07) is 0.811. The van der Waals surface area contributed by atoms with Crippen molar-refractivity contribution in [1.29, 1.82) is 0 Å². The van der Waals surface area contributed by atoms with Gasteiger partial charge in [0.05, 0.1) is 6.61 Å². The van der Waals surface area contributed by atoms with Crippen LogP contribution in [0.2, 0.25) is 0 Å². The van der Waals surface area contributed by atoms with E-state index in [1.54, 1.807) is 0 Å². The molecular formula is C15H28N2O3. The zero-order chi connectivity index (χ0) is 14.6. The van der Waals surface area contributed by atoms with Gasteiger partial charge >= 0.3 is 6.09 Å².